The van der Waals surface area contributed by atoms with Crippen LogP contribution in [0.3, 0.4) is 0 Å². The Kier molecular flexibility index (Phi) is 14.3. The number of benzene rings is 2. The Morgan fingerprint density at radius 1 is 0.889 bits per heavy atom. The van der Waals surface area contributed by atoms with E-state index in [1.807, 2.05) is 30.3 Å². The first-order chi connectivity index (χ1) is 21.8. The Bertz CT molecular complexity index is 1300. The first-order valence-electron chi connectivity index (χ1n) is 15.8. The van der Waals surface area contributed by atoms with Crippen LogP contribution in [0.15, 0.2) is 48.5 Å². The molecule has 2 aromatic carbocycles. The first-order valence-corrected chi connectivity index (χ1v) is 15.8. The van der Waals surface area contributed by atoms with Crippen molar-refractivity contribution in [2.24, 2.45) is 0 Å². The molecule has 11 nitrogen and oxygen atoms in total. The maximum Gasteiger partial charge on any atom is 0.344 e. The van der Waals surface area contributed by atoms with Gasteiger partial charge < -0.3 is 29.7 Å². The maximum atomic E-state index is 13.9. The van der Waals surface area contributed by atoms with Crippen LogP contribution in [0.2, 0.25) is 0 Å². The number of likely N-dealkylation sites (tertiary alicyclic amines) is 1. The zero-order valence-electron chi connectivity index (χ0n) is 26.5. The Morgan fingerprint density at radius 2 is 1.64 bits per heavy atom. The van der Waals surface area contributed by atoms with Crippen LogP contribution < -0.4 is 15.4 Å². The van der Waals surface area contributed by atoms with Crippen molar-refractivity contribution < 1.29 is 38.2 Å². The van der Waals surface area contributed by atoms with Gasteiger partial charge in [-0.1, -0.05) is 56.2 Å². The van der Waals surface area contributed by atoms with E-state index < -0.39 is 36.5 Å². The van der Waals surface area contributed by atoms with E-state index in [-0.39, 0.29) is 42.8 Å². The number of carbonyl (C=O) groups excluding carboxylic acids is 5. The maximum absolute atomic E-state index is 13.9. The molecule has 2 N–H and O–H groups in total. The van der Waals surface area contributed by atoms with Gasteiger partial charge in [0.1, 0.15) is 23.4 Å². The number of hydrogen-bond acceptors (Lipinski definition) is 8. The third-order valence-corrected chi connectivity index (χ3v) is 7.40. The number of nitrogens with zero attached hydrogens (tertiary/aromatic N) is 1. The van der Waals surface area contributed by atoms with E-state index in [2.05, 4.69) is 17.6 Å². The summed E-state index contributed by atoms with van der Waals surface area (Å²) in [6, 6.07) is 12.4. The number of esters is 2. The normalized spacial score (nSPS) is 13.9. The summed E-state index contributed by atoms with van der Waals surface area (Å²) in [6.45, 7) is 6.26. The smallest absolute Gasteiger partial charge is 0.344 e. The second kappa shape index (κ2) is 18.4. The molecule has 45 heavy (non-hydrogen) atoms. The Labute approximate surface area is 265 Å². The van der Waals surface area contributed by atoms with Crippen molar-refractivity contribution in [2.45, 2.75) is 77.8 Å². The van der Waals surface area contributed by atoms with Crippen molar-refractivity contribution in [1.82, 2.24) is 15.5 Å². The summed E-state index contributed by atoms with van der Waals surface area (Å²) in [5.74, 6) is -2.00. The number of rotatable bonds is 18. The molecular weight excluding hydrogens is 578 g/mol. The standard InChI is InChI=1S/C34H45N3O8/c1-4-7-11-18-35-32(40)27(36-33(41)28(37-19-12-15-30(37)38)22-24-13-9-8-10-14-24)21-25-16-17-29(45-23-31(39)43-5-2)26(20-25)34(42)44-6-3/h8-10,13-14,16-17,20,27-28H,4-7,11-12,15,18-19,21-23H2,1-3H3,(H,35,40)(H,36,41)/t27-,28-/m0/s1. The zero-order valence-corrected chi connectivity index (χ0v) is 26.5. The molecule has 2 atom stereocenters. The average Bonchev–Trinajstić information content (AvgIpc) is 3.46. The lowest BCUT2D eigenvalue weighted by Crippen LogP contribution is -2.55. The van der Waals surface area contributed by atoms with Gasteiger partial charge in [-0.05, 0) is 49.9 Å². The van der Waals surface area contributed by atoms with Crippen molar-refractivity contribution in [3.63, 3.8) is 0 Å². The molecule has 1 heterocycles. The van der Waals surface area contributed by atoms with Crippen LogP contribution in [0.5, 0.6) is 5.75 Å². The second-order valence-electron chi connectivity index (χ2n) is 10.8. The van der Waals surface area contributed by atoms with Gasteiger partial charge in [-0.15, -0.1) is 0 Å². The van der Waals surface area contributed by atoms with E-state index in [9.17, 15) is 24.0 Å². The molecule has 3 amide bonds. The van der Waals surface area contributed by atoms with Crippen molar-refractivity contribution >= 4 is 29.7 Å². The van der Waals surface area contributed by atoms with Crippen LogP contribution in [-0.2, 0) is 41.5 Å². The molecule has 1 saturated heterocycles. The van der Waals surface area contributed by atoms with E-state index >= 15 is 0 Å². The number of amides is 3. The number of unbranched alkanes of at least 4 members (excludes halogenated alkanes) is 2. The van der Waals surface area contributed by atoms with Crippen molar-refractivity contribution in [2.75, 3.05) is 32.9 Å². The topological polar surface area (TPSA) is 140 Å². The summed E-state index contributed by atoms with van der Waals surface area (Å²) in [7, 11) is 0. The van der Waals surface area contributed by atoms with Crippen LogP contribution in [0.1, 0.15) is 74.4 Å². The summed E-state index contributed by atoms with van der Waals surface area (Å²) < 4.78 is 15.7. The van der Waals surface area contributed by atoms with Crippen LogP contribution in [-0.4, -0.2) is 79.6 Å². The fraction of sp³-hybridized carbons (Fsp3) is 0.500. The van der Waals surface area contributed by atoms with Gasteiger partial charge in [0.2, 0.25) is 17.7 Å². The SMILES string of the molecule is CCCCCNC(=O)[C@H](Cc1ccc(OCC(=O)OCC)c(C(=O)OCC)c1)NC(=O)[C@H](Cc1ccccc1)N1CCCC1=O. The number of ether oxygens (including phenoxy) is 3. The molecule has 1 aliphatic rings. The quantitative estimate of drug-likeness (QED) is 0.190. The molecule has 1 aliphatic heterocycles. The Hall–Kier alpha value is -4.41. The van der Waals surface area contributed by atoms with Gasteiger partial charge in [0.25, 0.3) is 0 Å². The molecule has 1 fully saturated rings. The number of carbonyl (C=O) groups is 5. The predicted octanol–water partition coefficient (Wildman–Crippen LogP) is 3.37. The highest BCUT2D eigenvalue weighted by Crippen LogP contribution is 2.23. The molecule has 2 aromatic rings. The lowest BCUT2D eigenvalue weighted by Gasteiger charge is -2.29. The van der Waals surface area contributed by atoms with Gasteiger partial charge in [0, 0.05) is 32.4 Å². The molecule has 0 spiro atoms. The van der Waals surface area contributed by atoms with E-state index in [0.717, 1.165) is 24.8 Å². The van der Waals surface area contributed by atoms with Crippen molar-refractivity contribution in [3.05, 3.63) is 65.2 Å². The number of hydrogen-bond donors (Lipinski definition) is 2. The molecule has 0 unspecified atom stereocenters. The van der Waals surface area contributed by atoms with Gasteiger partial charge in [-0.2, -0.15) is 0 Å². The highest BCUT2D eigenvalue weighted by atomic mass is 16.6. The average molecular weight is 624 g/mol. The van der Waals surface area contributed by atoms with E-state index in [4.69, 9.17) is 14.2 Å². The fourth-order valence-corrected chi connectivity index (χ4v) is 5.14. The molecule has 244 valence electrons. The zero-order chi connectivity index (χ0) is 32.6. The predicted molar refractivity (Wildman–Crippen MR) is 168 cm³/mol. The third-order valence-electron chi connectivity index (χ3n) is 7.40. The monoisotopic (exact) mass is 623 g/mol. The molecule has 11 heteroatoms. The fourth-order valence-electron chi connectivity index (χ4n) is 5.14. The largest absolute Gasteiger partial charge is 0.481 e. The third kappa shape index (κ3) is 10.9. The Morgan fingerprint density at radius 3 is 2.31 bits per heavy atom. The summed E-state index contributed by atoms with van der Waals surface area (Å²) >= 11 is 0. The molecule has 0 bridgehead atoms. The second-order valence-corrected chi connectivity index (χ2v) is 10.8. The van der Waals surface area contributed by atoms with Crippen molar-refractivity contribution in [1.29, 1.82) is 0 Å². The highest BCUT2D eigenvalue weighted by molar-refractivity contribution is 5.94. The molecule has 0 radical (unpaired) electrons. The van der Waals surface area contributed by atoms with Crippen LogP contribution >= 0.6 is 0 Å². The van der Waals surface area contributed by atoms with Gasteiger partial charge in [0.05, 0.1) is 13.2 Å². The minimum absolute atomic E-state index is 0.0575. The summed E-state index contributed by atoms with van der Waals surface area (Å²) in [6.07, 6.45) is 4.14. The molecule has 0 aromatic heterocycles. The van der Waals surface area contributed by atoms with Crippen molar-refractivity contribution in [3.8, 4) is 5.75 Å². The van der Waals surface area contributed by atoms with Gasteiger partial charge in [-0.3, -0.25) is 14.4 Å². The summed E-state index contributed by atoms with van der Waals surface area (Å²) in [4.78, 5) is 66.3. The molecule has 0 saturated carbocycles. The Balaban J connectivity index is 1.88. The van der Waals surface area contributed by atoms with Gasteiger partial charge >= 0.3 is 11.9 Å². The lowest BCUT2D eigenvalue weighted by atomic mass is 10.00. The highest BCUT2D eigenvalue weighted by Gasteiger charge is 2.35. The minimum Gasteiger partial charge on any atom is -0.481 e. The summed E-state index contributed by atoms with van der Waals surface area (Å²) in [5, 5.41) is 5.84. The van der Waals surface area contributed by atoms with Gasteiger partial charge in [-0.25, -0.2) is 9.59 Å². The first kappa shape index (κ1) is 35.1. The molecule has 3 rings (SSSR count). The molecule has 0 aliphatic carbocycles. The minimum atomic E-state index is -0.989. The van der Waals surface area contributed by atoms with Crippen LogP contribution in [0.25, 0.3) is 0 Å². The van der Waals surface area contributed by atoms with Gasteiger partial charge in [0.15, 0.2) is 6.61 Å². The van der Waals surface area contributed by atoms with Crippen LogP contribution in [0.4, 0.5) is 0 Å². The lowest BCUT2D eigenvalue weighted by molar-refractivity contribution is -0.145. The molecular formula is C34H45N3O8. The summed E-state index contributed by atoms with van der Waals surface area (Å²) in [5.41, 5.74) is 1.54. The van der Waals surface area contributed by atoms with Crippen LogP contribution in [0, 0.1) is 0 Å². The van der Waals surface area contributed by atoms with E-state index in [0.29, 0.717) is 37.9 Å². The number of nitrogens with one attached hydrogen (secondary N) is 2. The van der Waals surface area contributed by atoms with E-state index in [1.54, 1.807) is 24.8 Å². The van der Waals surface area contributed by atoms with E-state index in [1.165, 1.54) is 12.1 Å².